The molecule has 0 radical (unpaired) electrons. The fraction of sp³-hybridized carbons (Fsp3) is 0.333. The monoisotopic (exact) mass is 317 g/mol. The fourth-order valence-corrected chi connectivity index (χ4v) is 1.14. The molecule has 1 unspecified atom stereocenters. The zero-order chi connectivity index (χ0) is 9.90. The highest BCUT2D eigenvalue weighted by atomic mass is 127. The van der Waals surface area contributed by atoms with E-state index in [2.05, 4.69) is 0 Å². The number of nitrogens with two attached hydrogens (primary N) is 1. The molecule has 2 N–H and O–H groups in total. The van der Waals surface area contributed by atoms with Crippen LogP contribution in [0.2, 0.25) is 0 Å². The highest BCUT2D eigenvalue weighted by Crippen LogP contribution is 2.33. The molecular formula is C9H11F3IN. The van der Waals surface area contributed by atoms with E-state index in [4.69, 9.17) is 5.73 Å². The van der Waals surface area contributed by atoms with E-state index >= 15 is 0 Å². The van der Waals surface area contributed by atoms with E-state index in [0.29, 0.717) is 0 Å². The molecule has 1 rings (SSSR count). The molecule has 1 nitrogen and oxygen atoms in total. The van der Waals surface area contributed by atoms with Gasteiger partial charge in [0.2, 0.25) is 0 Å². The SMILES string of the molecule is I.NCC(c1ccccc1)C(F)(F)F. The van der Waals surface area contributed by atoms with E-state index in [-0.39, 0.29) is 29.5 Å². The number of benzene rings is 1. The summed E-state index contributed by atoms with van der Waals surface area (Å²) < 4.78 is 37.0. The summed E-state index contributed by atoms with van der Waals surface area (Å²) in [6.45, 7) is -0.409. The van der Waals surface area contributed by atoms with Crippen LogP contribution < -0.4 is 5.73 Å². The van der Waals surface area contributed by atoms with Crippen molar-refractivity contribution in [3.8, 4) is 0 Å². The van der Waals surface area contributed by atoms with Crippen LogP contribution in [0.5, 0.6) is 0 Å². The van der Waals surface area contributed by atoms with Gasteiger partial charge in [0.1, 0.15) is 0 Å². The molecule has 1 atom stereocenters. The zero-order valence-electron chi connectivity index (χ0n) is 7.29. The van der Waals surface area contributed by atoms with Gasteiger partial charge in [0.25, 0.3) is 0 Å². The third kappa shape index (κ3) is 3.45. The molecular weight excluding hydrogens is 306 g/mol. The number of alkyl halides is 3. The highest BCUT2D eigenvalue weighted by molar-refractivity contribution is 14.0. The van der Waals surface area contributed by atoms with Gasteiger partial charge in [0.05, 0.1) is 5.92 Å². The van der Waals surface area contributed by atoms with Crippen molar-refractivity contribution in [1.82, 2.24) is 0 Å². The standard InChI is InChI=1S/C9H10F3N.HI/c10-9(11,12)8(6-13)7-4-2-1-3-5-7;/h1-5,8H,6,13H2;1H. The molecule has 80 valence electrons. The van der Waals surface area contributed by atoms with Crippen molar-refractivity contribution in [1.29, 1.82) is 0 Å². The lowest BCUT2D eigenvalue weighted by atomic mass is 9.99. The molecule has 0 saturated heterocycles. The highest BCUT2D eigenvalue weighted by Gasteiger charge is 2.39. The van der Waals surface area contributed by atoms with Crippen LogP contribution in [0.25, 0.3) is 0 Å². The Morgan fingerprint density at radius 1 is 1.14 bits per heavy atom. The van der Waals surface area contributed by atoms with Gasteiger partial charge in [0, 0.05) is 6.54 Å². The van der Waals surface area contributed by atoms with E-state index in [9.17, 15) is 13.2 Å². The van der Waals surface area contributed by atoms with Crippen molar-refractivity contribution < 1.29 is 13.2 Å². The lowest BCUT2D eigenvalue weighted by molar-refractivity contribution is -0.148. The Hall–Kier alpha value is -0.300. The first-order chi connectivity index (χ1) is 6.05. The van der Waals surface area contributed by atoms with E-state index in [1.54, 1.807) is 18.2 Å². The Balaban J connectivity index is 0.00000169. The van der Waals surface area contributed by atoms with Crippen molar-refractivity contribution in [2.24, 2.45) is 5.73 Å². The van der Waals surface area contributed by atoms with Gasteiger partial charge >= 0.3 is 6.18 Å². The summed E-state index contributed by atoms with van der Waals surface area (Å²) in [6, 6.07) is 7.69. The molecule has 0 saturated carbocycles. The number of halogens is 4. The third-order valence-electron chi connectivity index (χ3n) is 1.83. The Morgan fingerprint density at radius 2 is 1.64 bits per heavy atom. The molecule has 0 aliphatic carbocycles. The normalized spacial score (nSPS) is 13.1. The number of rotatable bonds is 2. The largest absolute Gasteiger partial charge is 0.396 e. The van der Waals surface area contributed by atoms with Crippen molar-refractivity contribution in [3.05, 3.63) is 35.9 Å². The van der Waals surface area contributed by atoms with Crippen LogP contribution >= 0.6 is 24.0 Å². The second-order valence-corrected chi connectivity index (χ2v) is 2.74. The molecule has 0 heterocycles. The summed E-state index contributed by atoms with van der Waals surface area (Å²) in [5.41, 5.74) is 5.29. The second kappa shape index (κ2) is 5.55. The van der Waals surface area contributed by atoms with Crippen molar-refractivity contribution in [2.75, 3.05) is 6.54 Å². The lowest BCUT2D eigenvalue weighted by Crippen LogP contribution is -2.27. The molecule has 1 aromatic rings. The predicted molar refractivity (Wildman–Crippen MR) is 59.7 cm³/mol. The average Bonchev–Trinajstić information content (AvgIpc) is 2.05. The summed E-state index contributed by atoms with van der Waals surface area (Å²) in [6.07, 6.45) is -4.25. The number of hydrogen-bond donors (Lipinski definition) is 1. The van der Waals surface area contributed by atoms with Gasteiger partial charge in [-0.1, -0.05) is 30.3 Å². The fourth-order valence-electron chi connectivity index (χ4n) is 1.14. The van der Waals surface area contributed by atoms with Crippen LogP contribution in [-0.4, -0.2) is 12.7 Å². The minimum Gasteiger partial charge on any atom is -0.330 e. The molecule has 0 amide bonds. The van der Waals surface area contributed by atoms with Crippen LogP contribution in [0.3, 0.4) is 0 Å². The van der Waals surface area contributed by atoms with Crippen LogP contribution in [-0.2, 0) is 0 Å². The van der Waals surface area contributed by atoms with Crippen LogP contribution in [0, 0.1) is 0 Å². The minimum absolute atomic E-state index is 0. The van der Waals surface area contributed by atoms with Gasteiger partial charge in [-0.3, -0.25) is 0 Å². The topological polar surface area (TPSA) is 26.0 Å². The van der Waals surface area contributed by atoms with Gasteiger partial charge in [-0.05, 0) is 5.56 Å². The summed E-state index contributed by atoms with van der Waals surface area (Å²) in [7, 11) is 0. The van der Waals surface area contributed by atoms with Crippen molar-refractivity contribution >= 4 is 24.0 Å². The Bertz CT molecular complexity index is 261. The van der Waals surface area contributed by atoms with Crippen LogP contribution in [0.15, 0.2) is 30.3 Å². The van der Waals surface area contributed by atoms with E-state index in [1.807, 2.05) is 0 Å². The van der Waals surface area contributed by atoms with Crippen molar-refractivity contribution in [3.63, 3.8) is 0 Å². The first-order valence-corrected chi connectivity index (χ1v) is 3.87. The third-order valence-corrected chi connectivity index (χ3v) is 1.83. The molecule has 0 aromatic heterocycles. The van der Waals surface area contributed by atoms with Crippen LogP contribution in [0.1, 0.15) is 11.5 Å². The minimum atomic E-state index is -4.25. The smallest absolute Gasteiger partial charge is 0.330 e. The van der Waals surface area contributed by atoms with Gasteiger partial charge in [-0.15, -0.1) is 24.0 Å². The molecule has 5 heteroatoms. The first kappa shape index (κ1) is 13.7. The Morgan fingerprint density at radius 3 is 2.00 bits per heavy atom. The molecule has 0 spiro atoms. The second-order valence-electron chi connectivity index (χ2n) is 2.74. The van der Waals surface area contributed by atoms with Crippen LogP contribution in [0.4, 0.5) is 13.2 Å². The van der Waals surface area contributed by atoms with E-state index in [0.717, 1.165) is 0 Å². The molecule has 0 aliphatic rings. The van der Waals surface area contributed by atoms with Crippen molar-refractivity contribution in [2.45, 2.75) is 12.1 Å². The Kier molecular flexibility index (Phi) is 5.43. The first-order valence-electron chi connectivity index (χ1n) is 3.87. The van der Waals surface area contributed by atoms with Gasteiger partial charge in [0.15, 0.2) is 0 Å². The van der Waals surface area contributed by atoms with Gasteiger partial charge in [-0.25, -0.2) is 0 Å². The summed E-state index contributed by atoms with van der Waals surface area (Å²) >= 11 is 0. The maximum Gasteiger partial charge on any atom is 0.396 e. The summed E-state index contributed by atoms with van der Waals surface area (Å²) in [4.78, 5) is 0. The molecule has 0 bridgehead atoms. The molecule has 0 aliphatic heterocycles. The molecule has 14 heavy (non-hydrogen) atoms. The maximum absolute atomic E-state index is 12.3. The zero-order valence-corrected chi connectivity index (χ0v) is 9.62. The average molecular weight is 317 g/mol. The predicted octanol–water partition coefficient (Wildman–Crippen LogP) is 2.91. The quantitative estimate of drug-likeness (QED) is 0.834. The molecule has 0 fully saturated rings. The molecule has 1 aromatic carbocycles. The van der Waals surface area contributed by atoms with E-state index < -0.39 is 18.6 Å². The lowest BCUT2D eigenvalue weighted by Gasteiger charge is -2.18. The summed E-state index contributed by atoms with van der Waals surface area (Å²) in [5, 5.41) is 0. The summed E-state index contributed by atoms with van der Waals surface area (Å²) in [5.74, 6) is -1.55. The van der Waals surface area contributed by atoms with Gasteiger partial charge < -0.3 is 5.73 Å². The van der Waals surface area contributed by atoms with E-state index in [1.165, 1.54) is 12.1 Å². The number of hydrogen-bond acceptors (Lipinski definition) is 1. The maximum atomic E-state index is 12.3. The van der Waals surface area contributed by atoms with Gasteiger partial charge in [-0.2, -0.15) is 13.2 Å². The Labute approximate surface area is 97.5 Å².